The van der Waals surface area contributed by atoms with Crippen molar-refractivity contribution in [2.24, 2.45) is 0 Å². The van der Waals surface area contributed by atoms with Crippen molar-refractivity contribution in [3.05, 3.63) is 72.9 Å². The van der Waals surface area contributed by atoms with Crippen LogP contribution in [0.15, 0.2) is 72.9 Å². The largest absolute Gasteiger partial charge is 0.756 e. The number of quaternary nitrogens is 1. The highest BCUT2D eigenvalue weighted by Gasteiger charge is 2.27. The molecule has 0 radical (unpaired) electrons. The molecule has 472 valence electrons. The van der Waals surface area contributed by atoms with Crippen molar-refractivity contribution in [3.63, 3.8) is 0 Å². The van der Waals surface area contributed by atoms with Gasteiger partial charge in [0.1, 0.15) is 19.3 Å². The first-order valence-corrected chi connectivity index (χ1v) is 35.7. The molecule has 3 unspecified atom stereocenters. The fourth-order valence-corrected chi connectivity index (χ4v) is 10.5. The zero-order chi connectivity index (χ0) is 59.3. The van der Waals surface area contributed by atoms with Crippen LogP contribution in [-0.4, -0.2) is 69.4 Å². The summed E-state index contributed by atoms with van der Waals surface area (Å²) in [5, 5.41) is 3.04. The van der Waals surface area contributed by atoms with Gasteiger partial charge in [-0.05, 0) is 102 Å². The van der Waals surface area contributed by atoms with Gasteiger partial charge in [0, 0.05) is 12.8 Å². The fourth-order valence-electron chi connectivity index (χ4n) is 9.80. The summed E-state index contributed by atoms with van der Waals surface area (Å²) in [7, 11) is 1.18. The van der Waals surface area contributed by atoms with E-state index in [1.165, 1.54) is 193 Å². The highest BCUT2D eigenvalue weighted by Crippen LogP contribution is 2.38. The maximum atomic E-state index is 13.6. The van der Waals surface area contributed by atoms with Crippen LogP contribution in [0.3, 0.4) is 0 Å². The predicted octanol–water partition coefficient (Wildman–Crippen LogP) is 20.9. The number of nitrogens with one attached hydrogen (secondary N) is 1. The van der Waals surface area contributed by atoms with E-state index < -0.39 is 26.6 Å². The van der Waals surface area contributed by atoms with Crippen molar-refractivity contribution in [2.45, 2.75) is 328 Å². The maximum absolute atomic E-state index is 13.6. The minimum atomic E-state index is -4.70. The first-order chi connectivity index (χ1) is 39.4. The summed E-state index contributed by atoms with van der Waals surface area (Å²) < 4.78 is 30.4. The lowest BCUT2D eigenvalue weighted by Gasteiger charge is -2.30. The number of unbranched alkanes of at least 4 members (excludes halogenated alkanes) is 36. The number of carbonyl (C=O) groups excluding carboxylic acids is 2. The minimum absolute atomic E-state index is 0.0249. The van der Waals surface area contributed by atoms with E-state index in [2.05, 4.69) is 86.8 Å². The van der Waals surface area contributed by atoms with Gasteiger partial charge in [0.05, 0.1) is 33.8 Å². The third-order valence-corrected chi connectivity index (χ3v) is 16.1. The molecule has 0 rings (SSSR count). The molecule has 9 nitrogen and oxygen atoms in total. The second kappa shape index (κ2) is 60.6. The van der Waals surface area contributed by atoms with Crippen LogP contribution < -0.4 is 10.2 Å². The van der Waals surface area contributed by atoms with Gasteiger partial charge in [-0.3, -0.25) is 14.2 Å². The van der Waals surface area contributed by atoms with Crippen molar-refractivity contribution in [2.75, 3.05) is 40.9 Å². The topological polar surface area (TPSA) is 114 Å². The summed E-state index contributed by atoms with van der Waals surface area (Å²) in [6, 6.07) is -0.894. The Balaban J connectivity index is 5.09. The highest BCUT2D eigenvalue weighted by molar-refractivity contribution is 7.45. The molecule has 0 saturated carbocycles. The Morgan fingerprint density at radius 2 is 0.753 bits per heavy atom. The summed E-state index contributed by atoms with van der Waals surface area (Å²) in [4.78, 5) is 40.1. The van der Waals surface area contributed by atoms with Crippen molar-refractivity contribution in [1.82, 2.24) is 5.32 Å². The molecule has 0 fully saturated rings. The number of phosphoric ester groups is 1. The van der Waals surface area contributed by atoms with Crippen LogP contribution in [0.5, 0.6) is 0 Å². The van der Waals surface area contributed by atoms with Crippen molar-refractivity contribution in [1.29, 1.82) is 0 Å². The Kier molecular flexibility index (Phi) is 58.7. The van der Waals surface area contributed by atoms with Crippen molar-refractivity contribution >= 4 is 19.7 Å². The van der Waals surface area contributed by atoms with E-state index in [0.717, 1.165) is 89.9 Å². The standard InChI is InChI=1S/C71H131N2O7P/c1-7-10-13-16-19-22-25-27-29-31-33-35-36-38-39-41-43-45-48-51-54-57-60-63-70(74)72-68(67-79-81(76,77)78-66-65-73(4,5)6)69(62-59-56-53-50-47-24-21-18-15-12-9-3)80-71(75)64-61-58-55-52-49-46-44-42-40-37-34-32-30-28-26-23-20-17-14-11-8-2/h19-20,22-23,27-30,33,35,59,62,68-69H,7-18,21,24-26,31-32,34,36-58,60-61,63-67H2,1-6H3,(H-,72,74,76,77)/b22-19-,23-20-,29-27-,30-28-,35-33-,62-59+. The monoisotopic (exact) mass is 1150 g/mol. The third-order valence-electron chi connectivity index (χ3n) is 15.1. The molecule has 0 aromatic heterocycles. The van der Waals surface area contributed by atoms with E-state index in [0.29, 0.717) is 17.4 Å². The zero-order valence-electron chi connectivity index (χ0n) is 54.0. The van der Waals surface area contributed by atoms with E-state index >= 15 is 0 Å². The Morgan fingerprint density at radius 3 is 1.15 bits per heavy atom. The lowest BCUT2D eigenvalue weighted by Crippen LogP contribution is -2.47. The predicted molar refractivity (Wildman–Crippen MR) is 348 cm³/mol. The zero-order valence-corrected chi connectivity index (χ0v) is 54.9. The number of ether oxygens (including phenoxy) is 1. The molecule has 1 N–H and O–H groups in total. The van der Waals surface area contributed by atoms with Gasteiger partial charge in [-0.2, -0.15) is 0 Å². The number of amides is 1. The second-order valence-corrected chi connectivity index (χ2v) is 25.7. The number of likely N-dealkylation sites (N-methyl/N-ethyl adjacent to an activating group) is 1. The van der Waals surface area contributed by atoms with Crippen LogP contribution in [0.25, 0.3) is 0 Å². The molecular formula is C71H131N2O7P. The van der Waals surface area contributed by atoms with E-state index in [-0.39, 0.29) is 24.9 Å². The lowest BCUT2D eigenvalue weighted by molar-refractivity contribution is -0.870. The Hall–Kier alpha value is -2.55. The average Bonchev–Trinajstić information content (AvgIpc) is 3.43. The number of phosphoric acid groups is 1. The van der Waals surface area contributed by atoms with E-state index in [9.17, 15) is 19.0 Å². The average molecular weight is 1160 g/mol. The Morgan fingerprint density at radius 1 is 0.432 bits per heavy atom. The molecule has 0 heterocycles. The van der Waals surface area contributed by atoms with E-state index in [1.807, 2.05) is 33.3 Å². The molecule has 0 saturated heterocycles. The van der Waals surface area contributed by atoms with Crippen LogP contribution >= 0.6 is 7.82 Å². The Bertz CT molecular complexity index is 1620. The van der Waals surface area contributed by atoms with Crippen LogP contribution in [0, 0.1) is 0 Å². The fraction of sp³-hybridized carbons (Fsp3) is 0.803. The number of rotatable bonds is 62. The third kappa shape index (κ3) is 61.8. The molecule has 0 aliphatic heterocycles. The molecule has 3 atom stereocenters. The van der Waals surface area contributed by atoms with Crippen molar-refractivity contribution < 1.29 is 37.3 Å². The van der Waals surface area contributed by atoms with E-state index in [1.54, 1.807) is 0 Å². The van der Waals surface area contributed by atoms with Crippen LogP contribution in [-0.2, 0) is 27.9 Å². The summed E-state index contributed by atoms with van der Waals surface area (Å²) in [5.74, 6) is -0.541. The van der Waals surface area contributed by atoms with Gasteiger partial charge in [0.2, 0.25) is 5.91 Å². The number of nitrogens with zero attached hydrogens (tertiary/aromatic N) is 1. The highest BCUT2D eigenvalue weighted by atomic mass is 31.2. The summed E-state index contributed by atoms with van der Waals surface area (Å²) in [5.41, 5.74) is 0. The summed E-state index contributed by atoms with van der Waals surface area (Å²) >= 11 is 0. The molecule has 0 aliphatic carbocycles. The molecule has 1 amide bonds. The van der Waals surface area contributed by atoms with Gasteiger partial charge in [0.25, 0.3) is 7.82 Å². The van der Waals surface area contributed by atoms with Crippen molar-refractivity contribution in [3.8, 4) is 0 Å². The first-order valence-electron chi connectivity index (χ1n) is 34.2. The van der Waals surface area contributed by atoms with E-state index in [4.69, 9.17) is 13.8 Å². The molecule has 10 heteroatoms. The molecule has 0 spiro atoms. The van der Waals surface area contributed by atoms with Crippen LogP contribution in [0.4, 0.5) is 0 Å². The molecular weight excluding hydrogens is 1020 g/mol. The maximum Gasteiger partial charge on any atom is 0.306 e. The van der Waals surface area contributed by atoms with Gasteiger partial charge >= 0.3 is 5.97 Å². The van der Waals surface area contributed by atoms with Crippen LogP contribution in [0.2, 0.25) is 0 Å². The smallest absolute Gasteiger partial charge is 0.306 e. The van der Waals surface area contributed by atoms with Gasteiger partial charge < -0.3 is 28.5 Å². The number of esters is 1. The van der Waals surface area contributed by atoms with Gasteiger partial charge in [-0.25, -0.2) is 0 Å². The van der Waals surface area contributed by atoms with Gasteiger partial charge in [-0.1, -0.05) is 274 Å². The molecule has 0 aromatic rings. The summed E-state index contributed by atoms with van der Waals surface area (Å²) in [6.07, 6.45) is 78.7. The number of carbonyl (C=O) groups is 2. The molecule has 81 heavy (non-hydrogen) atoms. The first kappa shape index (κ1) is 78.5. The SMILES string of the molecule is CCCCC/C=C\C/C=C\C/C=C\CCCCCCCCCCCCC(=O)NC(COP(=O)([O-])OCC[N+](C)(C)C)C(/C=C/CCCCCCCCCCC)OC(=O)CCCCCCCCCCCCC/C=C\C/C=C\CCCCC. The Labute approximate surface area is 502 Å². The van der Waals surface area contributed by atoms with Gasteiger partial charge in [-0.15, -0.1) is 0 Å². The molecule has 0 aromatic carbocycles. The molecule has 0 aliphatic rings. The number of hydrogen-bond acceptors (Lipinski definition) is 7. The second-order valence-electron chi connectivity index (χ2n) is 24.3. The number of allylic oxidation sites excluding steroid dienone is 11. The number of hydrogen-bond donors (Lipinski definition) is 1. The normalized spacial score (nSPS) is 14.0. The molecule has 0 bridgehead atoms. The quantitative estimate of drug-likeness (QED) is 0.0212. The van der Waals surface area contributed by atoms with Gasteiger partial charge in [0.15, 0.2) is 0 Å². The van der Waals surface area contributed by atoms with Crippen LogP contribution in [0.1, 0.15) is 316 Å². The minimum Gasteiger partial charge on any atom is -0.756 e. The lowest BCUT2D eigenvalue weighted by atomic mass is 10.0. The summed E-state index contributed by atoms with van der Waals surface area (Å²) in [6.45, 7) is 6.81.